The molecule has 0 saturated heterocycles. The van der Waals surface area contributed by atoms with E-state index in [1.165, 1.54) is 18.4 Å². The van der Waals surface area contributed by atoms with E-state index in [0.29, 0.717) is 0 Å². The maximum absolute atomic E-state index is 9.25. The van der Waals surface area contributed by atoms with Crippen LogP contribution in [0.3, 0.4) is 0 Å². The summed E-state index contributed by atoms with van der Waals surface area (Å²) in [5.41, 5.74) is 3.15. The van der Waals surface area contributed by atoms with Crippen molar-refractivity contribution in [1.29, 1.82) is 0 Å². The molecule has 0 bridgehead atoms. The molecule has 128 valence electrons. The number of benzene rings is 2. The van der Waals surface area contributed by atoms with E-state index in [1.807, 2.05) is 42.5 Å². The van der Waals surface area contributed by atoms with Crippen molar-refractivity contribution in [2.75, 3.05) is 0 Å². The number of hydrogen-bond donors (Lipinski definition) is 1. The molecule has 0 spiro atoms. The monoisotopic (exact) mass is 330 g/mol. The van der Waals surface area contributed by atoms with E-state index in [1.54, 1.807) is 0 Å². The van der Waals surface area contributed by atoms with Crippen molar-refractivity contribution >= 4 is 17.3 Å². The Bertz CT molecular complexity index is 643. The molecule has 0 fully saturated rings. The maximum Gasteiger partial charge on any atom is 0.327 e. The van der Waals surface area contributed by atoms with Crippen molar-refractivity contribution < 1.29 is 14.6 Å². The Labute approximate surface area is 141 Å². The zero-order valence-corrected chi connectivity index (χ0v) is 13.8. The van der Waals surface area contributed by atoms with Crippen molar-refractivity contribution in [1.82, 2.24) is 0 Å². The molecule has 0 radical (unpaired) electrons. The Morgan fingerprint density at radius 2 is 1.67 bits per heavy atom. The quantitative estimate of drug-likeness (QED) is 0.533. The van der Waals surface area contributed by atoms with Gasteiger partial charge in [-0.3, -0.25) is 4.70 Å². The van der Waals surface area contributed by atoms with E-state index in [9.17, 15) is 4.79 Å². The first kappa shape index (κ1) is 21.2. The first-order chi connectivity index (χ1) is 11.2. The topological polar surface area (TPSA) is 62.0 Å². The summed E-state index contributed by atoms with van der Waals surface area (Å²) in [4.78, 5) is 9.25. The third kappa shape index (κ3) is 8.58. The predicted molar refractivity (Wildman–Crippen MR) is 96.0 cm³/mol. The summed E-state index contributed by atoms with van der Waals surface area (Å²) >= 11 is 0. The van der Waals surface area contributed by atoms with Gasteiger partial charge in [-0.1, -0.05) is 56.3 Å². The Morgan fingerprint density at radius 1 is 1.08 bits per heavy atom. The number of aryl methyl sites for hydroxylation is 1. The van der Waals surface area contributed by atoms with Crippen molar-refractivity contribution in [3.63, 3.8) is 0 Å². The normalized spacial score (nSPS) is 9.54. The van der Waals surface area contributed by atoms with Crippen LogP contribution in [-0.4, -0.2) is 11.1 Å². The molecule has 4 nitrogen and oxygen atoms in total. The zero-order valence-electron chi connectivity index (χ0n) is 13.8. The van der Waals surface area contributed by atoms with E-state index in [0.717, 1.165) is 23.9 Å². The lowest BCUT2D eigenvalue weighted by Gasteiger charge is -2.03. The molecular formula is C19H23FN2O2. The van der Waals surface area contributed by atoms with Crippen LogP contribution in [0.1, 0.15) is 25.3 Å². The number of carboxylic acids is 1. The molecule has 2 aromatic carbocycles. The van der Waals surface area contributed by atoms with E-state index < -0.39 is 5.97 Å². The third-order valence-electron chi connectivity index (χ3n) is 3.00. The van der Waals surface area contributed by atoms with Gasteiger partial charge in [0, 0.05) is 6.08 Å². The van der Waals surface area contributed by atoms with Crippen LogP contribution in [0.2, 0.25) is 0 Å². The van der Waals surface area contributed by atoms with Crippen molar-refractivity contribution in [3.05, 3.63) is 72.8 Å². The van der Waals surface area contributed by atoms with E-state index >= 15 is 0 Å². The first-order valence-electron chi connectivity index (χ1n) is 7.57. The molecule has 2 aromatic rings. The Balaban J connectivity index is 0.000000777. The largest absolute Gasteiger partial charge is 0.478 e. The number of carbonyl (C=O) groups is 1. The number of carboxylic acid groups (broad SMARTS) is 1. The van der Waals surface area contributed by atoms with Crippen LogP contribution in [0.25, 0.3) is 0 Å². The molecule has 0 aliphatic heterocycles. The van der Waals surface area contributed by atoms with Gasteiger partial charge < -0.3 is 5.11 Å². The summed E-state index contributed by atoms with van der Waals surface area (Å²) in [5.74, 6) is -0.981. The molecule has 0 aliphatic carbocycles. The standard InChI is InChI=1S/C16H18N2.C3H4O2.FH/c1-2-3-9-14-10-7-8-13-16(14)18-17-15-11-5-4-6-12-15;1-2-3(4)5;/h4-8,10-13H,2-3,9H2,1H3;2H,1H2,(H,4,5);1H. The van der Waals surface area contributed by atoms with E-state index in [2.05, 4.69) is 35.9 Å². The number of unbranched alkanes of at least 4 members (excludes halogenated alkanes) is 1. The van der Waals surface area contributed by atoms with Gasteiger partial charge in [0.05, 0.1) is 11.4 Å². The van der Waals surface area contributed by atoms with Crippen LogP contribution < -0.4 is 0 Å². The first-order valence-corrected chi connectivity index (χ1v) is 7.57. The SMILES string of the molecule is C=CC(=O)O.CCCCc1ccccc1N=Nc1ccccc1.F. The Hall–Kier alpha value is -2.82. The average molecular weight is 330 g/mol. The minimum absolute atomic E-state index is 0. The maximum atomic E-state index is 9.25. The highest BCUT2D eigenvalue weighted by Crippen LogP contribution is 2.23. The van der Waals surface area contributed by atoms with Crippen molar-refractivity contribution in [2.24, 2.45) is 10.2 Å². The predicted octanol–water partition coefficient (Wildman–Crippen LogP) is 5.85. The van der Waals surface area contributed by atoms with Gasteiger partial charge in [-0.05, 0) is 36.6 Å². The molecular weight excluding hydrogens is 307 g/mol. The number of hydrogen-bond acceptors (Lipinski definition) is 3. The van der Waals surface area contributed by atoms with Crippen LogP contribution in [0.15, 0.2) is 77.5 Å². The molecule has 5 heteroatoms. The molecule has 0 aromatic heterocycles. The van der Waals surface area contributed by atoms with Gasteiger partial charge >= 0.3 is 5.97 Å². The summed E-state index contributed by atoms with van der Waals surface area (Å²) in [5, 5.41) is 16.2. The van der Waals surface area contributed by atoms with Gasteiger partial charge in [-0.25, -0.2) is 4.79 Å². The number of nitrogens with zero attached hydrogens (tertiary/aromatic N) is 2. The lowest BCUT2D eigenvalue weighted by Crippen LogP contribution is -1.84. The summed E-state index contributed by atoms with van der Waals surface area (Å²) in [6.45, 7) is 5.16. The van der Waals surface area contributed by atoms with Gasteiger partial charge in [0.2, 0.25) is 0 Å². The third-order valence-corrected chi connectivity index (χ3v) is 3.00. The highest BCUT2D eigenvalue weighted by atomic mass is 19.0. The zero-order chi connectivity index (χ0) is 16.9. The van der Waals surface area contributed by atoms with Crippen LogP contribution in [0, 0.1) is 0 Å². The number of halogens is 1. The fraction of sp³-hybridized carbons (Fsp3) is 0.211. The number of aliphatic carboxylic acids is 1. The highest BCUT2D eigenvalue weighted by Gasteiger charge is 1.99. The molecule has 0 saturated carbocycles. The molecule has 0 unspecified atom stereocenters. The van der Waals surface area contributed by atoms with E-state index in [-0.39, 0.29) is 4.70 Å². The van der Waals surface area contributed by atoms with Crippen LogP contribution >= 0.6 is 0 Å². The lowest BCUT2D eigenvalue weighted by atomic mass is 10.1. The van der Waals surface area contributed by atoms with Gasteiger partial charge in [-0.2, -0.15) is 10.2 Å². The van der Waals surface area contributed by atoms with Gasteiger partial charge in [0.1, 0.15) is 0 Å². The van der Waals surface area contributed by atoms with Gasteiger partial charge in [-0.15, -0.1) is 0 Å². The minimum Gasteiger partial charge on any atom is -0.478 e. The smallest absolute Gasteiger partial charge is 0.327 e. The summed E-state index contributed by atoms with van der Waals surface area (Å²) in [7, 11) is 0. The molecule has 0 heterocycles. The van der Waals surface area contributed by atoms with Gasteiger partial charge in [0.25, 0.3) is 0 Å². The molecule has 0 amide bonds. The fourth-order valence-corrected chi connectivity index (χ4v) is 1.79. The Kier molecular flexibility index (Phi) is 11.2. The van der Waals surface area contributed by atoms with Crippen molar-refractivity contribution in [3.8, 4) is 0 Å². The molecule has 1 N–H and O–H groups in total. The second-order valence-corrected chi connectivity index (χ2v) is 4.81. The second kappa shape index (κ2) is 12.7. The van der Waals surface area contributed by atoms with Gasteiger partial charge in [0.15, 0.2) is 0 Å². The molecule has 24 heavy (non-hydrogen) atoms. The van der Waals surface area contributed by atoms with Crippen LogP contribution in [0.5, 0.6) is 0 Å². The summed E-state index contributed by atoms with van der Waals surface area (Å²) in [6.07, 6.45) is 4.29. The van der Waals surface area contributed by atoms with E-state index in [4.69, 9.17) is 5.11 Å². The highest BCUT2D eigenvalue weighted by molar-refractivity contribution is 5.78. The summed E-state index contributed by atoms with van der Waals surface area (Å²) in [6, 6.07) is 18.1. The number of rotatable bonds is 6. The minimum atomic E-state index is -0.981. The Morgan fingerprint density at radius 3 is 2.25 bits per heavy atom. The fourth-order valence-electron chi connectivity index (χ4n) is 1.79. The number of azo groups is 1. The van der Waals surface area contributed by atoms with Crippen LogP contribution in [0.4, 0.5) is 16.1 Å². The molecule has 2 rings (SSSR count). The average Bonchev–Trinajstić information content (AvgIpc) is 2.60. The van der Waals surface area contributed by atoms with Crippen molar-refractivity contribution in [2.45, 2.75) is 26.2 Å². The second-order valence-electron chi connectivity index (χ2n) is 4.81. The van der Waals surface area contributed by atoms with Crippen LogP contribution in [-0.2, 0) is 11.2 Å². The summed E-state index contributed by atoms with van der Waals surface area (Å²) < 4.78 is 0. The lowest BCUT2D eigenvalue weighted by molar-refractivity contribution is -0.131. The molecule has 0 aliphatic rings. The molecule has 0 atom stereocenters.